The first kappa shape index (κ1) is 18.3. The van der Waals surface area contributed by atoms with Crippen LogP contribution in [0.5, 0.6) is 0 Å². The molecule has 0 aromatic heterocycles. The zero-order valence-electron chi connectivity index (χ0n) is 16.1. The van der Waals surface area contributed by atoms with Crippen molar-refractivity contribution in [2.24, 2.45) is 4.99 Å². The Labute approximate surface area is 164 Å². The van der Waals surface area contributed by atoms with Crippen molar-refractivity contribution in [1.29, 1.82) is 0 Å². The molecule has 2 aliphatic heterocycles. The molecule has 0 saturated heterocycles. The number of fused-ring (bicyclic) bond motifs is 1. The van der Waals surface area contributed by atoms with Gasteiger partial charge in [0.2, 0.25) is 0 Å². The maximum absolute atomic E-state index is 13.7. The number of rotatable bonds is 4. The van der Waals surface area contributed by atoms with Crippen LogP contribution < -0.4 is 0 Å². The molecule has 0 saturated carbocycles. The van der Waals surface area contributed by atoms with E-state index in [4.69, 9.17) is 0 Å². The van der Waals surface area contributed by atoms with Crippen LogP contribution in [0.2, 0.25) is 0 Å². The zero-order valence-corrected chi connectivity index (χ0v) is 16.1. The quantitative estimate of drug-likeness (QED) is 0.838. The summed E-state index contributed by atoms with van der Waals surface area (Å²) in [6.45, 7) is 5.92. The first-order valence-electron chi connectivity index (χ1n) is 9.58. The third-order valence-corrected chi connectivity index (χ3v) is 5.24. The number of aliphatic hydroxyl groups is 1. The monoisotopic (exact) mass is 377 g/mol. The molecule has 2 heterocycles. The number of hydrogen-bond acceptors (Lipinski definition) is 4. The first-order chi connectivity index (χ1) is 13.5. The lowest BCUT2D eigenvalue weighted by Gasteiger charge is -2.39. The molecule has 2 aliphatic rings. The van der Waals surface area contributed by atoms with Crippen molar-refractivity contribution < 1.29 is 9.50 Å². The van der Waals surface area contributed by atoms with Crippen LogP contribution in [-0.4, -0.2) is 39.9 Å². The highest BCUT2D eigenvalue weighted by Gasteiger charge is 2.28. The van der Waals surface area contributed by atoms with Gasteiger partial charge in [0.25, 0.3) is 0 Å². The van der Waals surface area contributed by atoms with E-state index in [2.05, 4.69) is 34.7 Å². The van der Waals surface area contributed by atoms with Crippen LogP contribution in [0, 0.1) is 5.82 Å². The number of benzene rings is 2. The number of amidine groups is 1. The van der Waals surface area contributed by atoms with E-state index in [1.165, 1.54) is 12.3 Å². The van der Waals surface area contributed by atoms with E-state index in [0.29, 0.717) is 12.5 Å². The summed E-state index contributed by atoms with van der Waals surface area (Å²) in [5, 5.41) is 10.3. The van der Waals surface area contributed by atoms with Gasteiger partial charge in [-0.15, -0.1) is 0 Å². The number of aliphatic hydroxyl groups excluding tert-OH is 1. The van der Waals surface area contributed by atoms with Crippen molar-refractivity contribution >= 4 is 5.84 Å². The standard InChI is InChI=1S/C23H24FN3O/c1-16(2)26-10-11-27-21(15-26)22(28)14-25-23(27)13-18-6-3-4-9-20(18)17-7-5-8-19(24)12-17/h3-9,12,14-16,28H,10-11,13H2,1-2H3. The Morgan fingerprint density at radius 2 is 1.93 bits per heavy atom. The molecular weight excluding hydrogens is 353 g/mol. The van der Waals surface area contributed by atoms with E-state index in [1.54, 1.807) is 12.1 Å². The van der Waals surface area contributed by atoms with Gasteiger partial charge in [-0.25, -0.2) is 9.38 Å². The lowest BCUT2D eigenvalue weighted by molar-refractivity contribution is 0.242. The van der Waals surface area contributed by atoms with Crippen LogP contribution in [0.3, 0.4) is 0 Å². The second-order valence-electron chi connectivity index (χ2n) is 7.40. The highest BCUT2D eigenvalue weighted by molar-refractivity contribution is 5.90. The fourth-order valence-electron chi connectivity index (χ4n) is 3.70. The first-order valence-corrected chi connectivity index (χ1v) is 9.58. The van der Waals surface area contributed by atoms with Gasteiger partial charge in [-0.2, -0.15) is 0 Å². The molecule has 28 heavy (non-hydrogen) atoms. The normalized spacial score (nSPS) is 16.5. The SMILES string of the molecule is CC(C)N1C=C2C(O)=CN=C(Cc3ccccc3-c3cccc(F)c3)N2CC1. The summed E-state index contributed by atoms with van der Waals surface area (Å²) in [5.74, 6) is 0.828. The smallest absolute Gasteiger partial charge is 0.159 e. The number of halogens is 1. The summed E-state index contributed by atoms with van der Waals surface area (Å²) in [4.78, 5) is 8.81. The van der Waals surface area contributed by atoms with Crippen LogP contribution in [0.25, 0.3) is 11.1 Å². The number of nitrogens with zero attached hydrogens (tertiary/aromatic N) is 3. The summed E-state index contributed by atoms with van der Waals surface area (Å²) < 4.78 is 13.7. The van der Waals surface area contributed by atoms with Gasteiger partial charge in [0, 0.05) is 31.8 Å². The van der Waals surface area contributed by atoms with E-state index in [1.807, 2.05) is 30.5 Å². The summed E-state index contributed by atoms with van der Waals surface area (Å²) in [6, 6.07) is 15.0. The molecular formula is C23H24FN3O. The van der Waals surface area contributed by atoms with E-state index >= 15 is 0 Å². The van der Waals surface area contributed by atoms with E-state index in [9.17, 15) is 9.50 Å². The highest BCUT2D eigenvalue weighted by atomic mass is 19.1. The van der Waals surface area contributed by atoms with Crippen LogP contribution in [0.4, 0.5) is 4.39 Å². The maximum atomic E-state index is 13.7. The molecule has 0 radical (unpaired) electrons. The second kappa shape index (κ2) is 7.50. The third kappa shape index (κ3) is 3.52. The number of aliphatic imine (C=N–C) groups is 1. The molecule has 0 spiro atoms. The van der Waals surface area contributed by atoms with Crippen molar-refractivity contribution in [2.75, 3.05) is 13.1 Å². The molecule has 144 valence electrons. The van der Waals surface area contributed by atoms with Crippen molar-refractivity contribution in [2.45, 2.75) is 26.3 Å². The average molecular weight is 377 g/mol. The molecule has 0 aliphatic carbocycles. The van der Waals surface area contributed by atoms with Gasteiger partial charge in [-0.05, 0) is 42.7 Å². The molecule has 4 rings (SSSR count). The topological polar surface area (TPSA) is 39.1 Å². The van der Waals surface area contributed by atoms with Gasteiger partial charge < -0.3 is 14.9 Å². The van der Waals surface area contributed by atoms with Gasteiger partial charge in [0.1, 0.15) is 17.3 Å². The molecule has 1 N–H and O–H groups in total. The van der Waals surface area contributed by atoms with Gasteiger partial charge in [0.05, 0.1) is 6.20 Å². The van der Waals surface area contributed by atoms with Crippen LogP contribution in [-0.2, 0) is 6.42 Å². The molecule has 2 aromatic rings. The minimum Gasteiger partial charge on any atom is -0.504 e. The maximum Gasteiger partial charge on any atom is 0.159 e. The Kier molecular flexibility index (Phi) is 4.90. The molecule has 0 unspecified atom stereocenters. The molecule has 4 nitrogen and oxygen atoms in total. The van der Waals surface area contributed by atoms with Crippen LogP contribution in [0.15, 0.2) is 77.4 Å². The lowest BCUT2D eigenvalue weighted by Crippen LogP contribution is -2.45. The largest absolute Gasteiger partial charge is 0.504 e. The summed E-state index contributed by atoms with van der Waals surface area (Å²) in [5.41, 5.74) is 3.71. The Hall–Kier alpha value is -3.08. The molecule has 5 heteroatoms. The van der Waals surface area contributed by atoms with Gasteiger partial charge in [0.15, 0.2) is 5.76 Å². The second-order valence-corrected chi connectivity index (χ2v) is 7.40. The molecule has 0 atom stereocenters. The fraction of sp³-hybridized carbons (Fsp3) is 0.261. The Morgan fingerprint density at radius 3 is 2.71 bits per heavy atom. The van der Waals surface area contributed by atoms with Crippen molar-refractivity contribution in [3.05, 3.63) is 83.8 Å². The summed E-state index contributed by atoms with van der Waals surface area (Å²) in [7, 11) is 0. The molecule has 2 aromatic carbocycles. The van der Waals surface area contributed by atoms with E-state index < -0.39 is 0 Å². The minimum absolute atomic E-state index is 0.188. The minimum atomic E-state index is -0.245. The Balaban J connectivity index is 1.67. The predicted octanol–water partition coefficient (Wildman–Crippen LogP) is 4.71. The van der Waals surface area contributed by atoms with Gasteiger partial charge in [-0.1, -0.05) is 36.4 Å². The molecule has 0 fully saturated rings. The Bertz CT molecular complexity index is 977. The summed E-state index contributed by atoms with van der Waals surface area (Å²) in [6.07, 6.45) is 4.13. The zero-order chi connectivity index (χ0) is 19.7. The van der Waals surface area contributed by atoms with Crippen LogP contribution in [0.1, 0.15) is 19.4 Å². The summed E-state index contributed by atoms with van der Waals surface area (Å²) >= 11 is 0. The van der Waals surface area contributed by atoms with Gasteiger partial charge in [-0.3, -0.25) is 0 Å². The average Bonchev–Trinajstić information content (AvgIpc) is 2.70. The van der Waals surface area contributed by atoms with E-state index in [-0.39, 0.29) is 11.6 Å². The molecule has 0 bridgehead atoms. The van der Waals surface area contributed by atoms with Crippen molar-refractivity contribution in [1.82, 2.24) is 9.80 Å². The van der Waals surface area contributed by atoms with E-state index in [0.717, 1.165) is 41.3 Å². The Morgan fingerprint density at radius 1 is 1.11 bits per heavy atom. The third-order valence-electron chi connectivity index (χ3n) is 5.24. The van der Waals surface area contributed by atoms with Crippen molar-refractivity contribution in [3.8, 4) is 11.1 Å². The van der Waals surface area contributed by atoms with Crippen molar-refractivity contribution in [3.63, 3.8) is 0 Å². The number of hydrogen-bond donors (Lipinski definition) is 1. The molecule has 0 amide bonds. The van der Waals surface area contributed by atoms with Gasteiger partial charge >= 0.3 is 0 Å². The predicted molar refractivity (Wildman–Crippen MR) is 110 cm³/mol. The van der Waals surface area contributed by atoms with Crippen LogP contribution >= 0.6 is 0 Å². The highest BCUT2D eigenvalue weighted by Crippen LogP contribution is 2.29. The fourth-order valence-corrected chi connectivity index (χ4v) is 3.70. The lowest BCUT2D eigenvalue weighted by atomic mass is 9.96.